The average Bonchev–Trinajstić information content (AvgIpc) is 2.95. The first-order valence-corrected chi connectivity index (χ1v) is 8.32. The van der Waals surface area contributed by atoms with Crippen molar-refractivity contribution in [1.29, 1.82) is 0 Å². The number of hydrogen-bond donors (Lipinski definition) is 1. The number of ether oxygens (including phenoxy) is 1. The first-order valence-electron chi connectivity index (χ1n) is 7.34. The third kappa shape index (κ3) is 3.11. The second kappa shape index (κ2) is 6.08. The monoisotopic (exact) mass is 290 g/mol. The standard InChI is InChI=1S/C16H22N2OS/c1-19-14-6-4-5-13(9-14)10-17-15-18-11-16(12-20-15)7-2-3-8-16/h4-6,9H,2-3,7-8,10-12H2,1H3,(H,17,18). The molecule has 1 saturated carbocycles. The van der Waals surface area contributed by atoms with Crippen LogP contribution in [0, 0.1) is 5.41 Å². The van der Waals surface area contributed by atoms with E-state index in [1.54, 1.807) is 7.11 Å². The lowest BCUT2D eigenvalue weighted by Gasteiger charge is -2.31. The molecule has 4 heteroatoms. The van der Waals surface area contributed by atoms with Crippen LogP contribution in [0.15, 0.2) is 29.3 Å². The van der Waals surface area contributed by atoms with E-state index in [0.717, 1.165) is 24.0 Å². The molecule has 1 fully saturated rings. The molecule has 1 aliphatic heterocycles. The van der Waals surface area contributed by atoms with Gasteiger partial charge in [-0.15, -0.1) is 0 Å². The Bertz CT molecular complexity index is 495. The second-order valence-corrected chi connectivity index (χ2v) is 6.79. The fraction of sp³-hybridized carbons (Fsp3) is 0.562. The van der Waals surface area contributed by atoms with Gasteiger partial charge in [-0.3, -0.25) is 4.99 Å². The first kappa shape index (κ1) is 13.8. The van der Waals surface area contributed by atoms with Crippen LogP contribution < -0.4 is 10.1 Å². The molecule has 0 radical (unpaired) electrons. The molecule has 20 heavy (non-hydrogen) atoms. The van der Waals surface area contributed by atoms with Crippen LogP contribution in [0.1, 0.15) is 31.2 Å². The SMILES string of the molecule is COc1cccc(CNC2=NCC3(CCCC3)CS2)c1. The summed E-state index contributed by atoms with van der Waals surface area (Å²) in [7, 11) is 1.70. The summed E-state index contributed by atoms with van der Waals surface area (Å²) in [5.41, 5.74) is 1.75. The predicted molar refractivity (Wildman–Crippen MR) is 85.5 cm³/mol. The number of amidine groups is 1. The van der Waals surface area contributed by atoms with Gasteiger partial charge in [0.2, 0.25) is 0 Å². The summed E-state index contributed by atoms with van der Waals surface area (Å²) in [5, 5.41) is 4.56. The highest BCUT2D eigenvalue weighted by Gasteiger charge is 2.36. The molecule has 1 heterocycles. The highest BCUT2D eigenvalue weighted by Crippen LogP contribution is 2.43. The molecule has 0 unspecified atom stereocenters. The van der Waals surface area contributed by atoms with Gasteiger partial charge in [0, 0.05) is 18.8 Å². The van der Waals surface area contributed by atoms with E-state index in [0.29, 0.717) is 5.41 Å². The number of nitrogens with zero attached hydrogens (tertiary/aromatic N) is 1. The number of hydrogen-bond acceptors (Lipinski definition) is 4. The van der Waals surface area contributed by atoms with E-state index in [4.69, 9.17) is 9.73 Å². The van der Waals surface area contributed by atoms with Gasteiger partial charge in [-0.25, -0.2) is 0 Å². The fourth-order valence-corrected chi connectivity index (χ4v) is 4.20. The first-order chi connectivity index (χ1) is 9.80. The van der Waals surface area contributed by atoms with Gasteiger partial charge in [-0.05, 0) is 36.0 Å². The van der Waals surface area contributed by atoms with Gasteiger partial charge >= 0.3 is 0 Å². The van der Waals surface area contributed by atoms with Crippen molar-refractivity contribution in [2.45, 2.75) is 32.2 Å². The zero-order valence-electron chi connectivity index (χ0n) is 12.0. The third-order valence-corrected chi connectivity index (χ3v) is 5.62. The van der Waals surface area contributed by atoms with Crippen molar-refractivity contribution < 1.29 is 4.74 Å². The van der Waals surface area contributed by atoms with Crippen LogP contribution in [-0.4, -0.2) is 24.6 Å². The smallest absolute Gasteiger partial charge is 0.156 e. The highest BCUT2D eigenvalue weighted by molar-refractivity contribution is 8.13. The molecule has 1 N–H and O–H groups in total. The normalized spacial score (nSPS) is 20.8. The van der Waals surface area contributed by atoms with Crippen molar-refractivity contribution in [3.05, 3.63) is 29.8 Å². The largest absolute Gasteiger partial charge is 0.497 e. The van der Waals surface area contributed by atoms with Crippen LogP contribution in [0.5, 0.6) is 5.75 Å². The van der Waals surface area contributed by atoms with E-state index in [-0.39, 0.29) is 0 Å². The van der Waals surface area contributed by atoms with E-state index >= 15 is 0 Å². The molecule has 1 spiro atoms. The number of aliphatic imine (C=N–C) groups is 1. The molecule has 3 nitrogen and oxygen atoms in total. The van der Waals surface area contributed by atoms with E-state index in [2.05, 4.69) is 17.4 Å². The third-order valence-electron chi connectivity index (χ3n) is 4.32. The Kier molecular flexibility index (Phi) is 4.20. The Hall–Kier alpha value is -1.16. The molecule has 0 atom stereocenters. The van der Waals surface area contributed by atoms with Gasteiger partial charge in [0.05, 0.1) is 7.11 Å². The summed E-state index contributed by atoms with van der Waals surface area (Å²) in [4.78, 5) is 4.76. The molecule has 0 amide bonds. The Balaban J connectivity index is 1.55. The van der Waals surface area contributed by atoms with Gasteiger partial charge in [0.1, 0.15) is 5.75 Å². The van der Waals surface area contributed by atoms with Crippen LogP contribution in [-0.2, 0) is 6.54 Å². The Morgan fingerprint density at radius 3 is 2.90 bits per heavy atom. The maximum absolute atomic E-state index is 5.25. The molecule has 2 aliphatic rings. The topological polar surface area (TPSA) is 33.6 Å². The van der Waals surface area contributed by atoms with Crippen LogP contribution in [0.25, 0.3) is 0 Å². The zero-order chi connectivity index (χ0) is 13.8. The molecule has 1 aliphatic carbocycles. The van der Waals surface area contributed by atoms with Gasteiger partial charge in [0.15, 0.2) is 5.17 Å². The van der Waals surface area contributed by atoms with Crippen molar-refractivity contribution in [3.8, 4) is 5.75 Å². The quantitative estimate of drug-likeness (QED) is 0.925. The summed E-state index contributed by atoms with van der Waals surface area (Å²) < 4.78 is 5.25. The Morgan fingerprint density at radius 2 is 2.20 bits per heavy atom. The van der Waals surface area contributed by atoms with Crippen molar-refractivity contribution in [3.63, 3.8) is 0 Å². The van der Waals surface area contributed by atoms with Gasteiger partial charge in [0.25, 0.3) is 0 Å². The lowest BCUT2D eigenvalue weighted by atomic mass is 9.89. The summed E-state index contributed by atoms with van der Waals surface area (Å²) in [6.07, 6.45) is 5.52. The minimum absolute atomic E-state index is 0.520. The van der Waals surface area contributed by atoms with Crippen molar-refractivity contribution in [2.75, 3.05) is 19.4 Å². The van der Waals surface area contributed by atoms with Gasteiger partial charge in [-0.1, -0.05) is 36.7 Å². The van der Waals surface area contributed by atoms with Gasteiger partial charge < -0.3 is 10.1 Å². The lowest BCUT2D eigenvalue weighted by molar-refractivity contribution is 0.358. The van der Waals surface area contributed by atoms with Crippen LogP contribution in [0.4, 0.5) is 0 Å². The predicted octanol–water partition coefficient (Wildman–Crippen LogP) is 3.45. The molecule has 0 aromatic heterocycles. The summed E-state index contributed by atoms with van der Waals surface area (Å²) in [6, 6.07) is 8.18. The number of benzene rings is 1. The minimum atomic E-state index is 0.520. The van der Waals surface area contributed by atoms with E-state index in [1.165, 1.54) is 37.0 Å². The van der Waals surface area contributed by atoms with Crippen molar-refractivity contribution >= 4 is 16.9 Å². The summed E-state index contributed by atoms with van der Waals surface area (Å²) in [5.74, 6) is 2.14. The molecule has 0 bridgehead atoms. The van der Waals surface area contributed by atoms with Crippen LogP contribution >= 0.6 is 11.8 Å². The summed E-state index contributed by atoms with van der Waals surface area (Å²) >= 11 is 1.90. The summed E-state index contributed by atoms with van der Waals surface area (Å²) in [6.45, 7) is 1.83. The molecular formula is C16H22N2OS. The Morgan fingerprint density at radius 1 is 1.35 bits per heavy atom. The van der Waals surface area contributed by atoms with E-state index in [1.807, 2.05) is 23.9 Å². The van der Waals surface area contributed by atoms with Gasteiger partial charge in [-0.2, -0.15) is 0 Å². The molecular weight excluding hydrogens is 268 g/mol. The number of rotatable bonds is 3. The van der Waals surface area contributed by atoms with Crippen LogP contribution in [0.2, 0.25) is 0 Å². The Labute approximate surface area is 125 Å². The second-order valence-electron chi connectivity index (χ2n) is 5.82. The van der Waals surface area contributed by atoms with Crippen molar-refractivity contribution in [2.24, 2.45) is 10.4 Å². The van der Waals surface area contributed by atoms with Crippen molar-refractivity contribution in [1.82, 2.24) is 5.32 Å². The van der Waals surface area contributed by atoms with Crippen LogP contribution in [0.3, 0.4) is 0 Å². The zero-order valence-corrected chi connectivity index (χ0v) is 12.8. The minimum Gasteiger partial charge on any atom is -0.497 e. The number of thioether (sulfide) groups is 1. The maximum atomic E-state index is 5.25. The number of methoxy groups -OCH3 is 1. The molecule has 1 aromatic carbocycles. The lowest BCUT2D eigenvalue weighted by Crippen LogP contribution is -2.33. The average molecular weight is 290 g/mol. The molecule has 3 rings (SSSR count). The maximum Gasteiger partial charge on any atom is 0.156 e. The fourth-order valence-electron chi connectivity index (χ4n) is 3.05. The molecule has 0 saturated heterocycles. The highest BCUT2D eigenvalue weighted by atomic mass is 32.2. The van der Waals surface area contributed by atoms with E-state index in [9.17, 15) is 0 Å². The molecule has 108 valence electrons. The van der Waals surface area contributed by atoms with E-state index < -0.39 is 0 Å². The molecule has 1 aromatic rings. The number of nitrogens with one attached hydrogen (secondary N) is 1.